The van der Waals surface area contributed by atoms with Gasteiger partial charge < -0.3 is 20.9 Å². The minimum atomic E-state index is -0.457. The van der Waals surface area contributed by atoms with Crippen LogP contribution in [0.1, 0.15) is 22.6 Å². The number of rotatable bonds is 5. The van der Waals surface area contributed by atoms with E-state index in [-0.39, 0.29) is 18.3 Å². The van der Waals surface area contributed by atoms with Crippen LogP contribution in [0.5, 0.6) is 5.75 Å². The number of aromatic hydroxyl groups is 1. The normalized spacial score (nSPS) is 12.6. The molecule has 0 aliphatic heterocycles. The number of nitrogens with two attached hydrogens (primary N) is 1. The zero-order valence-corrected chi connectivity index (χ0v) is 15.8. The molecule has 0 saturated carbocycles. The van der Waals surface area contributed by atoms with E-state index < -0.39 is 6.09 Å². The first-order valence-electron chi connectivity index (χ1n) is 9.47. The SMILES string of the molecule is Nc1cc(C=CCNC(=O)OCC2c3ccccc3-c3ccccc32)ccc1O. The van der Waals surface area contributed by atoms with Crippen molar-refractivity contribution in [1.29, 1.82) is 0 Å². The van der Waals surface area contributed by atoms with Gasteiger partial charge in [-0.15, -0.1) is 0 Å². The Morgan fingerprint density at radius 2 is 1.69 bits per heavy atom. The van der Waals surface area contributed by atoms with Gasteiger partial charge in [0.2, 0.25) is 0 Å². The lowest BCUT2D eigenvalue weighted by Crippen LogP contribution is -2.26. The van der Waals surface area contributed by atoms with Crippen molar-refractivity contribution in [3.63, 3.8) is 0 Å². The molecule has 0 unspecified atom stereocenters. The first kappa shape index (κ1) is 18.6. The third-order valence-corrected chi connectivity index (χ3v) is 5.07. The molecule has 1 aliphatic rings. The van der Waals surface area contributed by atoms with Crippen LogP contribution in [0, 0.1) is 0 Å². The number of nitrogen functional groups attached to an aromatic ring is 1. The Labute approximate surface area is 169 Å². The molecule has 0 atom stereocenters. The third kappa shape index (κ3) is 3.94. The summed E-state index contributed by atoms with van der Waals surface area (Å²) in [5.74, 6) is 0.0996. The molecule has 146 valence electrons. The summed E-state index contributed by atoms with van der Waals surface area (Å²) in [6.45, 7) is 0.621. The Morgan fingerprint density at radius 1 is 1.03 bits per heavy atom. The van der Waals surface area contributed by atoms with Crippen molar-refractivity contribution in [2.45, 2.75) is 5.92 Å². The van der Waals surface area contributed by atoms with Crippen LogP contribution in [0.15, 0.2) is 72.8 Å². The lowest BCUT2D eigenvalue weighted by atomic mass is 9.98. The van der Waals surface area contributed by atoms with Gasteiger partial charge in [-0.3, -0.25) is 0 Å². The lowest BCUT2D eigenvalue weighted by molar-refractivity contribution is 0.144. The minimum absolute atomic E-state index is 0.0451. The average Bonchev–Trinajstić information content (AvgIpc) is 3.06. The number of carbonyl (C=O) groups is 1. The molecule has 0 heterocycles. The number of phenolic OH excluding ortho intramolecular Hbond substituents is 1. The molecule has 0 bridgehead atoms. The second-order valence-corrected chi connectivity index (χ2v) is 6.93. The summed E-state index contributed by atoms with van der Waals surface area (Å²) in [6.07, 6.45) is 3.16. The maximum atomic E-state index is 12.1. The lowest BCUT2D eigenvalue weighted by Gasteiger charge is -2.14. The van der Waals surface area contributed by atoms with E-state index in [0.717, 1.165) is 5.56 Å². The highest BCUT2D eigenvalue weighted by molar-refractivity contribution is 5.79. The molecule has 0 fully saturated rings. The number of nitrogens with one attached hydrogen (secondary N) is 1. The van der Waals surface area contributed by atoms with Gasteiger partial charge in [0.05, 0.1) is 5.69 Å². The summed E-state index contributed by atoms with van der Waals surface area (Å²) < 4.78 is 5.49. The van der Waals surface area contributed by atoms with Gasteiger partial charge in [0, 0.05) is 12.5 Å². The van der Waals surface area contributed by atoms with Crippen molar-refractivity contribution < 1.29 is 14.6 Å². The predicted molar refractivity (Wildman–Crippen MR) is 115 cm³/mol. The van der Waals surface area contributed by atoms with Gasteiger partial charge >= 0.3 is 6.09 Å². The van der Waals surface area contributed by atoms with Gasteiger partial charge in [0.15, 0.2) is 0 Å². The predicted octanol–water partition coefficient (Wildman–Crippen LogP) is 4.53. The highest BCUT2D eigenvalue weighted by atomic mass is 16.5. The number of amides is 1. The van der Waals surface area contributed by atoms with E-state index in [0.29, 0.717) is 12.2 Å². The van der Waals surface area contributed by atoms with E-state index in [2.05, 4.69) is 29.6 Å². The summed E-state index contributed by atoms with van der Waals surface area (Å²) in [5.41, 5.74) is 11.6. The molecule has 5 heteroatoms. The first-order chi connectivity index (χ1) is 14.1. The van der Waals surface area contributed by atoms with Crippen molar-refractivity contribution in [3.05, 3.63) is 89.5 Å². The topological polar surface area (TPSA) is 84.6 Å². The Morgan fingerprint density at radius 3 is 2.34 bits per heavy atom. The van der Waals surface area contributed by atoms with Gasteiger partial charge in [0.25, 0.3) is 0 Å². The number of hydrogen-bond acceptors (Lipinski definition) is 4. The third-order valence-electron chi connectivity index (χ3n) is 5.07. The monoisotopic (exact) mass is 386 g/mol. The van der Waals surface area contributed by atoms with Gasteiger partial charge in [0.1, 0.15) is 12.4 Å². The van der Waals surface area contributed by atoms with Gasteiger partial charge in [-0.25, -0.2) is 4.79 Å². The summed E-state index contributed by atoms with van der Waals surface area (Å²) in [7, 11) is 0. The smallest absolute Gasteiger partial charge is 0.407 e. The molecule has 29 heavy (non-hydrogen) atoms. The van der Waals surface area contributed by atoms with Crippen LogP contribution >= 0.6 is 0 Å². The van der Waals surface area contributed by atoms with Crippen LogP contribution < -0.4 is 11.1 Å². The largest absolute Gasteiger partial charge is 0.506 e. The average molecular weight is 386 g/mol. The van der Waals surface area contributed by atoms with Gasteiger partial charge in [-0.2, -0.15) is 0 Å². The molecule has 5 nitrogen and oxygen atoms in total. The number of phenols is 1. The van der Waals surface area contributed by atoms with E-state index >= 15 is 0 Å². The van der Waals surface area contributed by atoms with Crippen LogP contribution in [0.4, 0.5) is 10.5 Å². The summed E-state index contributed by atoms with van der Waals surface area (Å²) in [6, 6.07) is 21.4. The van der Waals surface area contributed by atoms with Crippen molar-refractivity contribution in [2.75, 3.05) is 18.9 Å². The van der Waals surface area contributed by atoms with Crippen molar-refractivity contribution in [3.8, 4) is 16.9 Å². The molecule has 0 saturated heterocycles. The Bertz CT molecular complexity index is 1030. The number of anilines is 1. The molecule has 0 aromatic heterocycles. The van der Waals surface area contributed by atoms with E-state index in [1.54, 1.807) is 18.2 Å². The molecule has 4 rings (SSSR count). The van der Waals surface area contributed by atoms with E-state index in [9.17, 15) is 9.90 Å². The molecular formula is C24H22N2O3. The number of benzene rings is 3. The second-order valence-electron chi connectivity index (χ2n) is 6.93. The molecule has 3 aromatic carbocycles. The Hall–Kier alpha value is -3.73. The Balaban J connectivity index is 1.33. The zero-order chi connectivity index (χ0) is 20.2. The van der Waals surface area contributed by atoms with Gasteiger partial charge in [-0.1, -0.05) is 66.7 Å². The molecular weight excluding hydrogens is 364 g/mol. The van der Waals surface area contributed by atoms with E-state index in [4.69, 9.17) is 10.5 Å². The minimum Gasteiger partial charge on any atom is -0.506 e. The van der Waals surface area contributed by atoms with Crippen LogP contribution in [0.2, 0.25) is 0 Å². The number of hydrogen-bond donors (Lipinski definition) is 3. The first-order valence-corrected chi connectivity index (χ1v) is 9.47. The maximum Gasteiger partial charge on any atom is 0.407 e. The van der Waals surface area contributed by atoms with Crippen LogP contribution in [-0.4, -0.2) is 24.4 Å². The van der Waals surface area contributed by atoms with Crippen LogP contribution in [-0.2, 0) is 4.74 Å². The zero-order valence-electron chi connectivity index (χ0n) is 15.8. The molecule has 3 aromatic rings. The van der Waals surface area contributed by atoms with Crippen molar-refractivity contribution in [1.82, 2.24) is 5.32 Å². The fraction of sp³-hybridized carbons (Fsp3) is 0.125. The molecule has 1 aliphatic carbocycles. The fourth-order valence-electron chi connectivity index (χ4n) is 3.66. The maximum absolute atomic E-state index is 12.1. The second kappa shape index (κ2) is 8.10. The van der Waals surface area contributed by atoms with Crippen LogP contribution in [0.3, 0.4) is 0 Å². The van der Waals surface area contributed by atoms with Crippen LogP contribution in [0.25, 0.3) is 17.2 Å². The Kier molecular flexibility index (Phi) is 5.20. The molecule has 1 amide bonds. The van der Waals surface area contributed by atoms with Gasteiger partial charge in [-0.05, 0) is 39.9 Å². The molecule has 4 N–H and O–H groups in total. The van der Waals surface area contributed by atoms with Crippen molar-refractivity contribution >= 4 is 17.9 Å². The highest BCUT2D eigenvalue weighted by Gasteiger charge is 2.28. The van der Waals surface area contributed by atoms with E-state index in [1.165, 1.54) is 28.3 Å². The number of fused-ring (bicyclic) bond motifs is 3. The standard InChI is InChI=1S/C24H22N2O3/c25-22-14-16(11-12-23(22)27)6-5-13-26-24(28)29-15-21-19-9-3-1-7-17(19)18-8-2-4-10-20(18)21/h1-12,14,21,27H,13,15,25H2,(H,26,28). The summed E-state index contributed by atoms with van der Waals surface area (Å²) >= 11 is 0. The number of ether oxygens (including phenoxy) is 1. The molecule has 0 spiro atoms. The fourth-order valence-corrected chi connectivity index (χ4v) is 3.66. The quantitative estimate of drug-likeness (QED) is 0.444. The number of carbonyl (C=O) groups excluding carboxylic acids is 1. The number of alkyl carbamates (subject to hydrolysis) is 1. The summed E-state index contributed by atoms with van der Waals surface area (Å²) in [4.78, 5) is 12.1. The molecule has 0 radical (unpaired) electrons. The summed E-state index contributed by atoms with van der Waals surface area (Å²) in [5, 5.41) is 12.2. The highest BCUT2D eigenvalue weighted by Crippen LogP contribution is 2.44. The van der Waals surface area contributed by atoms with E-state index in [1.807, 2.05) is 30.3 Å². The van der Waals surface area contributed by atoms with Crippen molar-refractivity contribution in [2.24, 2.45) is 0 Å².